The number of fused-ring (bicyclic) bond motifs is 3. The van der Waals surface area contributed by atoms with Crippen LogP contribution in [0.25, 0.3) is 11.0 Å². The smallest absolute Gasteiger partial charge is 0.257 e. The number of aryl methyl sites for hydroxylation is 2. The SMILES string of the molecule is Cc1cc(Cn2c(=O)c3c(c4cccnc42)CCN(Cc2ccccc2)C3)n(C)n1. The summed E-state index contributed by atoms with van der Waals surface area (Å²) >= 11 is 0. The van der Waals surface area contributed by atoms with Gasteiger partial charge in [-0.05, 0) is 42.7 Å². The molecule has 0 unspecified atom stereocenters. The van der Waals surface area contributed by atoms with E-state index in [4.69, 9.17) is 0 Å². The molecular weight excluding hydrogens is 374 g/mol. The molecule has 0 radical (unpaired) electrons. The maximum Gasteiger partial charge on any atom is 0.257 e. The highest BCUT2D eigenvalue weighted by molar-refractivity contribution is 5.80. The topological polar surface area (TPSA) is 56.0 Å². The molecule has 0 N–H and O–H groups in total. The first-order valence-electron chi connectivity index (χ1n) is 10.4. The second kappa shape index (κ2) is 7.54. The van der Waals surface area contributed by atoms with Gasteiger partial charge in [0.25, 0.3) is 5.56 Å². The van der Waals surface area contributed by atoms with Crippen LogP contribution >= 0.6 is 0 Å². The van der Waals surface area contributed by atoms with Crippen molar-refractivity contribution in [2.75, 3.05) is 6.54 Å². The summed E-state index contributed by atoms with van der Waals surface area (Å²) in [5, 5.41) is 5.52. The Balaban J connectivity index is 1.58. The van der Waals surface area contributed by atoms with Crippen LogP contribution < -0.4 is 5.56 Å². The van der Waals surface area contributed by atoms with Crippen LogP contribution in [0.2, 0.25) is 0 Å². The molecule has 5 rings (SSSR count). The third-order valence-corrected chi connectivity index (χ3v) is 5.96. The van der Waals surface area contributed by atoms with Crippen LogP contribution in [0.5, 0.6) is 0 Å². The molecule has 0 spiro atoms. The minimum Gasteiger partial charge on any atom is -0.294 e. The Morgan fingerprint density at radius 2 is 1.87 bits per heavy atom. The first-order chi connectivity index (χ1) is 14.6. The van der Waals surface area contributed by atoms with E-state index >= 15 is 0 Å². The molecule has 1 aliphatic heterocycles. The van der Waals surface area contributed by atoms with Gasteiger partial charge < -0.3 is 0 Å². The van der Waals surface area contributed by atoms with Gasteiger partial charge in [0.05, 0.1) is 17.9 Å². The van der Waals surface area contributed by atoms with Crippen LogP contribution in [0.15, 0.2) is 59.5 Å². The number of hydrogen-bond donors (Lipinski definition) is 0. The third-order valence-electron chi connectivity index (χ3n) is 5.96. The van der Waals surface area contributed by atoms with Crippen molar-refractivity contribution in [1.29, 1.82) is 0 Å². The number of aromatic nitrogens is 4. The highest BCUT2D eigenvalue weighted by Crippen LogP contribution is 2.25. The fourth-order valence-corrected chi connectivity index (χ4v) is 4.52. The van der Waals surface area contributed by atoms with Gasteiger partial charge in [-0.1, -0.05) is 30.3 Å². The minimum absolute atomic E-state index is 0.0628. The van der Waals surface area contributed by atoms with Gasteiger partial charge in [0, 0.05) is 43.8 Å². The molecule has 6 nitrogen and oxygen atoms in total. The lowest BCUT2D eigenvalue weighted by atomic mass is 9.97. The van der Waals surface area contributed by atoms with Crippen molar-refractivity contribution in [1.82, 2.24) is 24.2 Å². The molecule has 4 aromatic rings. The summed E-state index contributed by atoms with van der Waals surface area (Å²) in [4.78, 5) is 20.6. The van der Waals surface area contributed by atoms with Crippen LogP contribution in [0, 0.1) is 6.92 Å². The van der Waals surface area contributed by atoms with Crippen molar-refractivity contribution in [3.8, 4) is 0 Å². The summed E-state index contributed by atoms with van der Waals surface area (Å²) in [6.45, 7) is 4.90. The van der Waals surface area contributed by atoms with Gasteiger partial charge in [0.2, 0.25) is 0 Å². The van der Waals surface area contributed by atoms with E-state index in [2.05, 4.69) is 45.3 Å². The molecular formula is C24H25N5O. The van der Waals surface area contributed by atoms with Gasteiger partial charge in [0.1, 0.15) is 5.65 Å². The van der Waals surface area contributed by atoms with E-state index in [0.29, 0.717) is 13.1 Å². The molecule has 6 heteroatoms. The quantitative estimate of drug-likeness (QED) is 0.529. The monoisotopic (exact) mass is 399 g/mol. The molecule has 0 fully saturated rings. The molecule has 0 aliphatic carbocycles. The lowest BCUT2D eigenvalue weighted by Crippen LogP contribution is -2.37. The van der Waals surface area contributed by atoms with E-state index in [1.54, 1.807) is 6.20 Å². The van der Waals surface area contributed by atoms with Crippen molar-refractivity contribution in [2.24, 2.45) is 7.05 Å². The first-order valence-corrected chi connectivity index (χ1v) is 10.4. The van der Waals surface area contributed by atoms with Crippen LogP contribution in [0.4, 0.5) is 0 Å². The van der Waals surface area contributed by atoms with E-state index < -0.39 is 0 Å². The number of hydrogen-bond acceptors (Lipinski definition) is 4. The average molecular weight is 399 g/mol. The minimum atomic E-state index is 0.0628. The number of nitrogens with zero attached hydrogens (tertiary/aromatic N) is 5. The fourth-order valence-electron chi connectivity index (χ4n) is 4.52. The number of pyridine rings is 2. The molecule has 0 amide bonds. The van der Waals surface area contributed by atoms with E-state index in [9.17, 15) is 4.79 Å². The summed E-state index contributed by atoms with van der Waals surface area (Å²) in [6, 6.07) is 16.5. The summed E-state index contributed by atoms with van der Waals surface area (Å²) < 4.78 is 3.66. The normalized spacial score (nSPS) is 14.2. The number of rotatable bonds is 4. The van der Waals surface area contributed by atoms with E-state index in [-0.39, 0.29) is 5.56 Å². The Hall–Kier alpha value is -3.25. The van der Waals surface area contributed by atoms with Gasteiger partial charge >= 0.3 is 0 Å². The van der Waals surface area contributed by atoms with Gasteiger partial charge in [-0.2, -0.15) is 5.10 Å². The van der Waals surface area contributed by atoms with Crippen LogP contribution in [0.1, 0.15) is 28.1 Å². The second-order valence-electron chi connectivity index (χ2n) is 8.07. The molecule has 3 aromatic heterocycles. The summed E-state index contributed by atoms with van der Waals surface area (Å²) in [6.07, 6.45) is 2.63. The lowest BCUT2D eigenvalue weighted by molar-refractivity contribution is 0.244. The highest BCUT2D eigenvalue weighted by Gasteiger charge is 2.24. The molecule has 30 heavy (non-hydrogen) atoms. The molecule has 0 saturated carbocycles. The zero-order chi connectivity index (χ0) is 20.7. The maximum atomic E-state index is 13.6. The Bertz CT molecular complexity index is 1270. The first kappa shape index (κ1) is 18.8. The molecule has 1 aliphatic rings. The van der Waals surface area contributed by atoms with Crippen molar-refractivity contribution >= 4 is 11.0 Å². The van der Waals surface area contributed by atoms with E-state index in [1.807, 2.05) is 41.4 Å². The highest BCUT2D eigenvalue weighted by atomic mass is 16.1. The van der Waals surface area contributed by atoms with Crippen molar-refractivity contribution in [2.45, 2.75) is 33.0 Å². The van der Waals surface area contributed by atoms with Gasteiger partial charge in [0.15, 0.2) is 0 Å². The number of benzene rings is 1. The summed E-state index contributed by atoms with van der Waals surface area (Å²) in [5.74, 6) is 0. The lowest BCUT2D eigenvalue weighted by Gasteiger charge is -2.30. The Morgan fingerprint density at radius 3 is 2.63 bits per heavy atom. The zero-order valence-electron chi connectivity index (χ0n) is 17.4. The molecule has 1 aromatic carbocycles. The van der Waals surface area contributed by atoms with Crippen LogP contribution in [-0.4, -0.2) is 30.8 Å². The Kier molecular flexibility index (Phi) is 4.71. The Morgan fingerprint density at radius 1 is 1.03 bits per heavy atom. The third kappa shape index (κ3) is 3.33. The zero-order valence-corrected chi connectivity index (χ0v) is 17.4. The van der Waals surface area contributed by atoms with Gasteiger partial charge in [-0.25, -0.2) is 4.98 Å². The summed E-state index contributed by atoms with van der Waals surface area (Å²) in [5.41, 5.74) is 6.10. The maximum absolute atomic E-state index is 13.6. The van der Waals surface area contributed by atoms with E-state index in [0.717, 1.165) is 53.1 Å². The van der Waals surface area contributed by atoms with Crippen molar-refractivity contribution < 1.29 is 0 Å². The molecule has 0 saturated heterocycles. The van der Waals surface area contributed by atoms with Gasteiger partial charge in [-0.3, -0.25) is 18.9 Å². The largest absolute Gasteiger partial charge is 0.294 e. The van der Waals surface area contributed by atoms with Crippen molar-refractivity contribution in [3.63, 3.8) is 0 Å². The Labute approximate surface area is 175 Å². The molecule has 152 valence electrons. The van der Waals surface area contributed by atoms with Crippen LogP contribution in [0.3, 0.4) is 0 Å². The van der Waals surface area contributed by atoms with Crippen LogP contribution in [-0.2, 0) is 33.1 Å². The second-order valence-corrected chi connectivity index (χ2v) is 8.07. The predicted octanol–water partition coefficient (Wildman–Crippen LogP) is 3.05. The fraction of sp³-hybridized carbons (Fsp3) is 0.292. The molecule has 4 heterocycles. The predicted molar refractivity (Wildman–Crippen MR) is 117 cm³/mol. The van der Waals surface area contributed by atoms with Gasteiger partial charge in [-0.15, -0.1) is 0 Å². The molecule has 0 bridgehead atoms. The van der Waals surface area contributed by atoms with Crippen molar-refractivity contribution in [3.05, 3.63) is 93.2 Å². The molecule has 0 atom stereocenters. The average Bonchev–Trinajstić information content (AvgIpc) is 3.08. The standard InChI is InChI=1S/C24H25N5O/c1-17-13-19(27(2)26-17)15-29-23-21(9-6-11-25-23)20-10-12-28(16-22(20)24(29)30)14-18-7-4-3-5-8-18/h3-9,11,13H,10,12,14-16H2,1-2H3. The summed E-state index contributed by atoms with van der Waals surface area (Å²) in [7, 11) is 1.92. The van der Waals surface area contributed by atoms with E-state index in [1.165, 1.54) is 5.56 Å².